The van der Waals surface area contributed by atoms with Gasteiger partial charge < -0.3 is 15.1 Å². The first-order valence-corrected chi connectivity index (χ1v) is 10.2. The molecular formula is C20H21N5OS. The van der Waals surface area contributed by atoms with Crippen LogP contribution in [0.15, 0.2) is 42.0 Å². The molecule has 1 N–H and O–H groups in total. The van der Waals surface area contributed by atoms with Gasteiger partial charge in [0, 0.05) is 32.2 Å². The molecule has 2 amide bonds. The average Bonchev–Trinajstić information content (AvgIpc) is 3.34. The van der Waals surface area contributed by atoms with E-state index in [9.17, 15) is 4.79 Å². The van der Waals surface area contributed by atoms with Crippen molar-refractivity contribution in [2.45, 2.75) is 18.9 Å². The molecule has 0 bridgehead atoms. The lowest BCUT2D eigenvalue weighted by molar-refractivity contribution is 0.190. The van der Waals surface area contributed by atoms with Crippen LogP contribution in [0.1, 0.15) is 11.1 Å². The number of fused-ring (bicyclic) bond motifs is 2. The Morgan fingerprint density at radius 1 is 1.04 bits per heavy atom. The van der Waals surface area contributed by atoms with Gasteiger partial charge in [-0.05, 0) is 35.4 Å². The molecule has 0 saturated carbocycles. The van der Waals surface area contributed by atoms with Crippen LogP contribution in [0.3, 0.4) is 0 Å². The average molecular weight is 379 g/mol. The van der Waals surface area contributed by atoms with Gasteiger partial charge in [-0.25, -0.2) is 14.8 Å². The zero-order chi connectivity index (χ0) is 18.2. The molecule has 3 heterocycles. The number of thiophene rings is 1. The summed E-state index contributed by atoms with van der Waals surface area (Å²) in [7, 11) is 0. The standard InChI is InChI=1S/C20H21N5OS/c26-20(23-16-11-14-3-1-2-4-15(14)12-16)25-8-6-24(7-9-25)18-17-5-10-27-19(17)22-13-21-18/h1-5,10,13,16H,6-9,11-12H2,(H,23,26). The lowest BCUT2D eigenvalue weighted by Gasteiger charge is -2.36. The normalized spacial score (nSPS) is 17.3. The van der Waals surface area contributed by atoms with E-state index in [1.165, 1.54) is 11.1 Å². The topological polar surface area (TPSA) is 61.4 Å². The Bertz CT molecular complexity index is 954. The Hall–Kier alpha value is -2.67. The molecule has 1 saturated heterocycles. The molecule has 0 unspecified atom stereocenters. The van der Waals surface area contributed by atoms with E-state index in [-0.39, 0.29) is 12.1 Å². The fourth-order valence-electron chi connectivity index (χ4n) is 4.08. The van der Waals surface area contributed by atoms with Gasteiger partial charge in [-0.1, -0.05) is 24.3 Å². The zero-order valence-electron chi connectivity index (χ0n) is 15.0. The highest BCUT2D eigenvalue weighted by Crippen LogP contribution is 2.27. The number of aromatic nitrogens is 2. The molecule has 2 aliphatic rings. The van der Waals surface area contributed by atoms with Crippen molar-refractivity contribution in [3.8, 4) is 0 Å². The number of hydrogen-bond donors (Lipinski definition) is 1. The van der Waals surface area contributed by atoms with Crippen LogP contribution in [-0.4, -0.2) is 53.1 Å². The summed E-state index contributed by atoms with van der Waals surface area (Å²) in [6.45, 7) is 3.00. The molecule has 7 heteroatoms. The van der Waals surface area contributed by atoms with Crippen LogP contribution >= 0.6 is 11.3 Å². The van der Waals surface area contributed by atoms with E-state index < -0.39 is 0 Å². The van der Waals surface area contributed by atoms with Gasteiger partial charge in [0.05, 0.1) is 5.39 Å². The Morgan fingerprint density at radius 3 is 2.52 bits per heavy atom. The number of benzene rings is 1. The third kappa shape index (κ3) is 3.12. The maximum absolute atomic E-state index is 12.7. The molecule has 5 rings (SSSR count). The van der Waals surface area contributed by atoms with E-state index >= 15 is 0 Å². The zero-order valence-corrected chi connectivity index (χ0v) is 15.8. The molecular weight excluding hydrogens is 358 g/mol. The summed E-state index contributed by atoms with van der Waals surface area (Å²) in [6.07, 6.45) is 3.49. The summed E-state index contributed by atoms with van der Waals surface area (Å²) < 4.78 is 0. The van der Waals surface area contributed by atoms with Crippen LogP contribution in [-0.2, 0) is 12.8 Å². The quantitative estimate of drug-likeness (QED) is 0.744. The van der Waals surface area contributed by atoms with Gasteiger partial charge in [0.1, 0.15) is 17.0 Å². The van der Waals surface area contributed by atoms with Gasteiger partial charge in [-0.2, -0.15) is 0 Å². The van der Waals surface area contributed by atoms with Crippen LogP contribution in [0, 0.1) is 0 Å². The SMILES string of the molecule is O=C(NC1Cc2ccccc2C1)N1CCN(c2ncnc3sccc23)CC1. The minimum Gasteiger partial charge on any atom is -0.352 e. The first kappa shape index (κ1) is 16.5. The number of anilines is 1. The number of nitrogens with one attached hydrogen (secondary N) is 1. The minimum atomic E-state index is 0.0517. The third-order valence-electron chi connectivity index (χ3n) is 5.49. The van der Waals surface area contributed by atoms with Gasteiger partial charge in [-0.3, -0.25) is 0 Å². The second kappa shape index (κ2) is 6.81. The summed E-state index contributed by atoms with van der Waals surface area (Å²) in [5.41, 5.74) is 2.72. The summed E-state index contributed by atoms with van der Waals surface area (Å²) >= 11 is 1.63. The second-order valence-electron chi connectivity index (χ2n) is 7.13. The number of urea groups is 1. The van der Waals surface area contributed by atoms with E-state index in [0.717, 1.165) is 42.0 Å². The van der Waals surface area contributed by atoms with E-state index in [1.54, 1.807) is 17.7 Å². The molecule has 1 aromatic carbocycles. The van der Waals surface area contributed by atoms with Crippen molar-refractivity contribution in [2.24, 2.45) is 0 Å². The van der Waals surface area contributed by atoms with Crippen LogP contribution in [0.4, 0.5) is 10.6 Å². The lowest BCUT2D eigenvalue weighted by Crippen LogP contribution is -2.53. The Morgan fingerprint density at radius 2 is 1.78 bits per heavy atom. The number of amides is 2. The van der Waals surface area contributed by atoms with Crippen LogP contribution in [0.25, 0.3) is 10.2 Å². The minimum absolute atomic E-state index is 0.0517. The number of nitrogens with zero attached hydrogens (tertiary/aromatic N) is 4. The molecule has 1 aliphatic carbocycles. The van der Waals surface area contributed by atoms with E-state index in [0.29, 0.717) is 13.1 Å². The smallest absolute Gasteiger partial charge is 0.317 e. The molecule has 0 spiro atoms. The van der Waals surface area contributed by atoms with E-state index in [4.69, 9.17) is 0 Å². The van der Waals surface area contributed by atoms with Crippen LogP contribution in [0.5, 0.6) is 0 Å². The number of carbonyl (C=O) groups is 1. The highest BCUT2D eigenvalue weighted by Gasteiger charge is 2.27. The predicted molar refractivity (Wildman–Crippen MR) is 107 cm³/mol. The number of rotatable bonds is 2. The highest BCUT2D eigenvalue weighted by molar-refractivity contribution is 7.16. The second-order valence-corrected chi connectivity index (χ2v) is 8.03. The van der Waals surface area contributed by atoms with Crippen molar-refractivity contribution in [1.82, 2.24) is 20.2 Å². The summed E-state index contributed by atoms with van der Waals surface area (Å²) in [4.78, 5) is 26.7. The molecule has 2 aromatic heterocycles. The van der Waals surface area contributed by atoms with E-state index in [1.807, 2.05) is 10.3 Å². The summed E-state index contributed by atoms with van der Waals surface area (Å²) in [5.74, 6) is 0.979. The van der Waals surface area contributed by atoms with Crippen molar-refractivity contribution in [2.75, 3.05) is 31.1 Å². The number of piperazine rings is 1. The predicted octanol–water partition coefficient (Wildman–Crippen LogP) is 2.69. The molecule has 1 fully saturated rings. The molecule has 3 aromatic rings. The maximum Gasteiger partial charge on any atom is 0.317 e. The van der Waals surface area contributed by atoms with Gasteiger partial charge in [0.2, 0.25) is 0 Å². The maximum atomic E-state index is 12.7. The first-order chi connectivity index (χ1) is 13.3. The Balaban J connectivity index is 1.20. The van der Waals surface area contributed by atoms with Crippen LogP contribution < -0.4 is 10.2 Å². The molecule has 0 atom stereocenters. The molecule has 1 aliphatic heterocycles. The molecule has 138 valence electrons. The molecule has 6 nitrogen and oxygen atoms in total. The fourth-order valence-corrected chi connectivity index (χ4v) is 4.80. The summed E-state index contributed by atoms with van der Waals surface area (Å²) in [6, 6.07) is 10.8. The van der Waals surface area contributed by atoms with Crippen molar-refractivity contribution < 1.29 is 4.79 Å². The number of carbonyl (C=O) groups excluding carboxylic acids is 1. The van der Waals surface area contributed by atoms with E-state index in [2.05, 4.69) is 50.5 Å². The number of hydrogen-bond acceptors (Lipinski definition) is 5. The highest BCUT2D eigenvalue weighted by atomic mass is 32.1. The van der Waals surface area contributed by atoms with Crippen LogP contribution in [0.2, 0.25) is 0 Å². The fraction of sp³-hybridized carbons (Fsp3) is 0.350. The Labute approximate surface area is 161 Å². The molecule has 27 heavy (non-hydrogen) atoms. The van der Waals surface area contributed by atoms with Crippen molar-refractivity contribution >= 4 is 33.4 Å². The van der Waals surface area contributed by atoms with Gasteiger partial charge in [0.15, 0.2) is 0 Å². The molecule has 0 radical (unpaired) electrons. The Kier molecular flexibility index (Phi) is 4.16. The van der Waals surface area contributed by atoms with Crippen molar-refractivity contribution in [3.63, 3.8) is 0 Å². The lowest BCUT2D eigenvalue weighted by atomic mass is 10.1. The van der Waals surface area contributed by atoms with Gasteiger partial charge in [-0.15, -0.1) is 11.3 Å². The first-order valence-electron chi connectivity index (χ1n) is 9.33. The summed E-state index contributed by atoms with van der Waals surface area (Å²) in [5, 5.41) is 6.37. The monoisotopic (exact) mass is 379 g/mol. The van der Waals surface area contributed by atoms with Gasteiger partial charge in [0.25, 0.3) is 0 Å². The third-order valence-corrected chi connectivity index (χ3v) is 6.31. The van der Waals surface area contributed by atoms with Crippen molar-refractivity contribution in [1.29, 1.82) is 0 Å². The van der Waals surface area contributed by atoms with Gasteiger partial charge >= 0.3 is 6.03 Å². The van der Waals surface area contributed by atoms with Crippen molar-refractivity contribution in [3.05, 3.63) is 53.2 Å². The largest absolute Gasteiger partial charge is 0.352 e.